The van der Waals surface area contributed by atoms with Gasteiger partial charge in [-0.05, 0) is 17.7 Å². The van der Waals surface area contributed by atoms with Gasteiger partial charge in [-0.15, -0.1) is 0 Å². The molecule has 0 radical (unpaired) electrons. The molecule has 0 aromatic heterocycles. The Hall–Kier alpha value is -1.32. The standard InChI is InChI=1S/C12H14F3N/c1-11(2,3)10(16)8-4-6-9(7-5-8)12(13,14)15/h4-7,16H,1-3H3. The van der Waals surface area contributed by atoms with E-state index in [1.807, 2.05) is 20.8 Å². The first-order chi connectivity index (χ1) is 7.12. The molecule has 1 aromatic rings. The van der Waals surface area contributed by atoms with Gasteiger partial charge in [0.1, 0.15) is 0 Å². The van der Waals surface area contributed by atoms with Crippen LogP contribution in [-0.4, -0.2) is 5.71 Å². The van der Waals surface area contributed by atoms with Gasteiger partial charge in [-0.2, -0.15) is 13.2 Å². The summed E-state index contributed by atoms with van der Waals surface area (Å²) in [5, 5.41) is 7.83. The first kappa shape index (κ1) is 12.7. The molecule has 0 saturated heterocycles. The van der Waals surface area contributed by atoms with Crippen LogP contribution in [0.15, 0.2) is 24.3 Å². The molecule has 0 heterocycles. The fraction of sp³-hybridized carbons (Fsp3) is 0.417. The lowest BCUT2D eigenvalue weighted by Gasteiger charge is -2.20. The first-order valence-corrected chi connectivity index (χ1v) is 4.89. The van der Waals surface area contributed by atoms with Gasteiger partial charge in [0, 0.05) is 11.1 Å². The Labute approximate surface area is 92.8 Å². The van der Waals surface area contributed by atoms with Crippen LogP contribution in [0.4, 0.5) is 13.2 Å². The third kappa shape index (κ3) is 2.84. The number of benzene rings is 1. The van der Waals surface area contributed by atoms with Gasteiger partial charge in [0.25, 0.3) is 0 Å². The van der Waals surface area contributed by atoms with E-state index < -0.39 is 11.7 Å². The Balaban J connectivity index is 3.01. The van der Waals surface area contributed by atoms with Gasteiger partial charge in [0.2, 0.25) is 0 Å². The Morgan fingerprint density at radius 1 is 1.00 bits per heavy atom. The lowest BCUT2D eigenvalue weighted by molar-refractivity contribution is -0.137. The molecule has 0 aliphatic rings. The molecule has 0 fully saturated rings. The van der Waals surface area contributed by atoms with E-state index >= 15 is 0 Å². The zero-order valence-electron chi connectivity index (χ0n) is 9.44. The van der Waals surface area contributed by atoms with E-state index in [0.717, 1.165) is 12.1 Å². The fourth-order valence-electron chi connectivity index (χ4n) is 1.26. The molecular weight excluding hydrogens is 215 g/mol. The van der Waals surface area contributed by atoms with Gasteiger partial charge < -0.3 is 5.41 Å². The normalized spacial score (nSPS) is 12.6. The third-order valence-electron chi connectivity index (χ3n) is 2.25. The summed E-state index contributed by atoms with van der Waals surface area (Å²) < 4.78 is 36.9. The number of hydrogen-bond donors (Lipinski definition) is 1. The van der Waals surface area contributed by atoms with Crippen LogP contribution in [0, 0.1) is 10.8 Å². The monoisotopic (exact) mass is 229 g/mol. The molecule has 0 amide bonds. The number of halogens is 3. The van der Waals surface area contributed by atoms with Gasteiger partial charge in [-0.1, -0.05) is 32.9 Å². The van der Waals surface area contributed by atoms with Crippen LogP contribution in [-0.2, 0) is 6.18 Å². The molecule has 0 saturated carbocycles. The summed E-state index contributed by atoms with van der Waals surface area (Å²) in [5.74, 6) is 0. The maximum atomic E-state index is 12.3. The van der Waals surface area contributed by atoms with Gasteiger partial charge in [-0.3, -0.25) is 0 Å². The molecule has 16 heavy (non-hydrogen) atoms. The summed E-state index contributed by atoms with van der Waals surface area (Å²) in [5.41, 5.74) is -0.181. The highest BCUT2D eigenvalue weighted by atomic mass is 19.4. The number of hydrogen-bond acceptors (Lipinski definition) is 1. The lowest BCUT2D eigenvalue weighted by Crippen LogP contribution is -2.20. The highest BCUT2D eigenvalue weighted by Gasteiger charge is 2.30. The van der Waals surface area contributed by atoms with Gasteiger partial charge in [0.15, 0.2) is 0 Å². The molecule has 1 aromatic carbocycles. The van der Waals surface area contributed by atoms with E-state index in [1.54, 1.807) is 0 Å². The largest absolute Gasteiger partial charge is 0.416 e. The molecule has 1 nitrogen and oxygen atoms in total. The molecule has 1 rings (SSSR count). The Bertz CT molecular complexity index is 382. The second kappa shape index (κ2) is 3.92. The maximum Gasteiger partial charge on any atom is 0.416 e. The summed E-state index contributed by atoms with van der Waals surface area (Å²) in [6, 6.07) is 4.71. The number of rotatable bonds is 1. The molecule has 0 aliphatic carbocycles. The van der Waals surface area contributed by atoms with Gasteiger partial charge in [0.05, 0.1) is 5.56 Å². The quantitative estimate of drug-likeness (QED) is 0.700. The van der Waals surface area contributed by atoms with Crippen LogP contribution < -0.4 is 0 Å². The highest BCUT2D eigenvalue weighted by molar-refractivity contribution is 6.01. The first-order valence-electron chi connectivity index (χ1n) is 4.89. The summed E-state index contributed by atoms with van der Waals surface area (Å²) in [4.78, 5) is 0. The zero-order valence-corrected chi connectivity index (χ0v) is 9.44. The molecule has 4 heteroatoms. The second-order valence-corrected chi connectivity index (χ2v) is 4.70. The SMILES string of the molecule is CC(C)(C)C(=N)c1ccc(C(F)(F)F)cc1. The van der Waals surface area contributed by atoms with Crippen LogP contribution in [0.5, 0.6) is 0 Å². The average molecular weight is 229 g/mol. The molecule has 0 unspecified atom stereocenters. The summed E-state index contributed by atoms with van der Waals surface area (Å²) in [7, 11) is 0. The fourth-order valence-corrected chi connectivity index (χ4v) is 1.26. The molecule has 88 valence electrons. The van der Waals surface area contributed by atoms with Crippen molar-refractivity contribution < 1.29 is 13.2 Å². The van der Waals surface area contributed by atoms with Crippen LogP contribution in [0.25, 0.3) is 0 Å². The molecule has 0 spiro atoms. The number of alkyl halides is 3. The van der Waals surface area contributed by atoms with Gasteiger partial charge >= 0.3 is 6.18 Å². The van der Waals surface area contributed by atoms with E-state index in [9.17, 15) is 13.2 Å². The summed E-state index contributed by atoms with van der Waals surface area (Å²) in [6.45, 7) is 5.56. The predicted octanol–water partition coefficient (Wildman–Crippen LogP) is 4.12. The predicted molar refractivity (Wildman–Crippen MR) is 57.7 cm³/mol. The van der Waals surface area contributed by atoms with Crippen molar-refractivity contribution in [3.8, 4) is 0 Å². The molecule has 0 atom stereocenters. The Kier molecular flexibility index (Phi) is 3.13. The summed E-state index contributed by atoms with van der Waals surface area (Å²) in [6.07, 6.45) is -4.32. The van der Waals surface area contributed by atoms with Crippen molar-refractivity contribution in [2.75, 3.05) is 0 Å². The van der Waals surface area contributed by atoms with Crippen molar-refractivity contribution in [1.82, 2.24) is 0 Å². The van der Waals surface area contributed by atoms with Crippen molar-refractivity contribution in [3.05, 3.63) is 35.4 Å². The lowest BCUT2D eigenvalue weighted by atomic mass is 9.85. The summed E-state index contributed by atoms with van der Waals surface area (Å²) >= 11 is 0. The van der Waals surface area contributed by atoms with Crippen molar-refractivity contribution >= 4 is 5.71 Å². The van der Waals surface area contributed by atoms with Crippen LogP contribution >= 0.6 is 0 Å². The van der Waals surface area contributed by atoms with E-state index in [4.69, 9.17) is 5.41 Å². The van der Waals surface area contributed by atoms with E-state index in [2.05, 4.69) is 0 Å². The zero-order chi connectivity index (χ0) is 12.6. The minimum atomic E-state index is -4.32. The van der Waals surface area contributed by atoms with Crippen molar-refractivity contribution in [3.63, 3.8) is 0 Å². The number of nitrogens with one attached hydrogen (secondary N) is 1. The van der Waals surface area contributed by atoms with Gasteiger partial charge in [-0.25, -0.2) is 0 Å². The van der Waals surface area contributed by atoms with Crippen LogP contribution in [0.2, 0.25) is 0 Å². The van der Waals surface area contributed by atoms with E-state index in [-0.39, 0.29) is 5.41 Å². The maximum absolute atomic E-state index is 12.3. The van der Waals surface area contributed by atoms with E-state index in [1.165, 1.54) is 12.1 Å². The Morgan fingerprint density at radius 2 is 1.44 bits per heavy atom. The van der Waals surface area contributed by atoms with Crippen LogP contribution in [0.1, 0.15) is 31.9 Å². The van der Waals surface area contributed by atoms with Crippen molar-refractivity contribution in [1.29, 1.82) is 5.41 Å². The minimum absolute atomic E-state index is 0.334. The molecular formula is C12H14F3N. The van der Waals surface area contributed by atoms with Crippen molar-refractivity contribution in [2.45, 2.75) is 26.9 Å². The molecule has 0 bridgehead atoms. The average Bonchev–Trinajstić information content (AvgIpc) is 2.14. The molecule has 1 N–H and O–H groups in total. The smallest absolute Gasteiger partial charge is 0.304 e. The van der Waals surface area contributed by atoms with Crippen molar-refractivity contribution in [2.24, 2.45) is 5.41 Å². The molecule has 0 aliphatic heterocycles. The highest BCUT2D eigenvalue weighted by Crippen LogP contribution is 2.30. The third-order valence-corrected chi connectivity index (χ3v) is 2.25. The second-order valence-electron chi connectivity index (χ2n) is 4.70. The topological polar surface area (TPSA) is 23.9 Å². The van der Waals surface area contributed by atoms with E-state index in [0.29, 0.717) is 11.3 Å². The Morgan fingerprint density at radius 3 is 1.75 bits per heavy atom. The minimum Gasteiger partial charge on any atom is -0.304 e. The van der Waals surface area contributed by atoms with Crippen LogP contribution in [0.3, 0.4) is 0 Å².